The van der Waals surface area contributed by atoms with Crippen molar-refractivity contribution in [3.8, 4) is 5.75 Å². The van der Waals surface area contributed by atoms with Gasteiger partial charge in [-0.15, -0.1) is 0 Å². The maximum absolute atomic E-state index is 12.0. The van der Waals surface area contributed by atoms with Crippen LogP contribution in [-0.2, 0) is 11.3 Å². The number of carbonyl (C=O) groups is 1. The van der Waals surface area contributed by atoms with Crippen LogP contribution in [0.15, 0.2) is 42.7 Å². The van der Waals surface area contributed by atoms with Crippen LogP contribution in [0.1, 0.15) is 12.5 Å². The molecule has 2 rings (SSSR count). The molecule has 0 fully saturated rings. The van der Waals surface area contributed by atoms with E-state index >= 15 is 0 Å². The highest BCUT2D eigenvalue weighted by atomic mass is 35.5. The molecule has 1 unspecified atom stereocenters. The molecule has 1 aromatic heterocycles. The van der Waals surface area contributed by atoms with Gasteiger partial charge >= 0.3 is 0 Å². The molecule has 6 heteroatoms. The molecule has 0 aliphatic carbocycles. The van der Waals surface area contributed by atoms with Crippen LogP contribution in [0.25, 0.3) is 0 Å². The number of nitrogens with one attached hydrogen (secondary N) is 2. The van der Waals surface area contributed by atoms with E-state index in [1.165, 1.54) is 0 Å². The molecular formula is C15H15Cl2N2O2+. The van der Waals surface area contributed by atoms with Gasteiger partial charge in [-0.25, -0.2) is 4.98 Å². The lowest BCUT2D eigenvalue weighted by Crippen LogP contribution is -2.36. The molecule has 1 aromatic carbocycles. The van der Waals surface area contributed by atoms with Gasteiger partial charge in [-0.3, -0.25) is 4.79 Å². The molecule has 110 valence electrons. The summed E-state index contributed by atoms with van der Waals surface area (Å²) in [6.45, 7) is 2.09. The summed E-state index contributed by atoms with van der Waals surface area (Å²) in [5.74, 6) is 0.210. The third kappa shape index (κ3) is 4.62. The second-order valence-corrected chi connectivity index (χ2v) is 5.31. The van der Waals surface area contributed by atoms with Gasteiger partial charge in [0.2, 0.25) is 0 Å². The lowest BCUT2D eigenvalue weighted by molar-refractivity contribution is -0.378. The Labute approximate surface area is 133 Å². The van der Waals surface area contributed by atoms with E-state index in [1.54, 1.807) is 31.3 Å². The van der Waals surface area contributed by atoms with Gasteiger partial charge < -0.3 is 10.1 Å². The fourth-order valence-corrected chi connectivity index (χ4v) is 2.14. The molecule has 1 amide bonds. The largest absolute Gasteiger partial charge is 0.479 e. The van der Waals surface area contributed by atoms with E-state index in [0.717, 1.165) is 5.56 Å². The van der Waals surface area contributed by atoms with Crippen LogP contribution >= 0.6 is 23.2 Å². The molecule has 2 aromatic rings. The van der Waals surface area contributed by atoms with Crippen molar-refractivity contribution in [2.45, 2.75) is 19.6 Å². The van der Waals surface area contributed by atoms with Crippen LogP contribution < -0.4 is 15.0 Å². The fraction of sp³-hybridized carbons (Fsp3) is 0.200. The number of H-pyrrole nitrogens is 1. The SMILES string of the molecule is CC(Oc1ccc(Cl)cc1Cl)C(=O)NCc1ccc[nH+]c1. The second-order valence-electron chi connectivity index (χ2n) is 4.46. The number of hydrogen-bond acceptors (Lipinski definition) is 2. The maximum Gasteiger partial charge on any atom is 0.261 e. The number of rotatable bonds is 5. The lowest BCUT2D eigenvalue weighted by Gasteiger charge is -2.15. The third-order valence-corrected chi connectivity index (χ3v) is 3.34. The molecule has 4 nitrogen and oxygen atoms in total. The highest BCUT2D eigenvalue weighted by molar-refractivity contribution is 6.35. The maximum atomic E-state index is 12.0. The van der Waals surface area contributed by atoms with Crippen molar-refractivity contribution in [3.63, 3.8) is 0 Å². The summed E-state index contributed by atoms with van der Waals surface area (Å²) in [6, 6.07) is 8.66. The summed E-state index contributed by atoms with van der Waals surface area (Å²) < 4.78 is 5.54. The van der Waals surface area contributed by atoms with Crippen molar-refractivity contribution >= 4 is 29.1 Å². The Morgan fingerprint density at radius 2 is 2.19 bits per heavy atom. The van der Waals surface area contributed by atoms with Crippen LogP contribution in [-0.4, -0.2) is 12.0 Å². The van der Waals surface area contributed by atoms with Gasteiger partial charge in [0.15, 0.2) is 18.5 Å². The van der Waals surface area contributed by atoms with E-state index in [9.17, 15) is 4.79 Å². The van der Waals surface area contributed by atoms with E-state index in [1.807, 2.05) is 18.3 Å². The number of ether oxygens (including phenoxy) is 1. The molecule has 0 bridgehead atoms. The first-order chi connectivity index (χ1) is 10.1. The number of benzene rings is 1. The number of hydrogen-bond donors (Lipinski definition) is 1. The van der Waals surface area contributed by atoms with Gasteiger partial charge in [-0.1, -0.05) is 23.2 Å². The summed E-state index contributed by atoms with van der Waals surface area (Å²) >= 11 is 11.8. The first-order valence-electron chi connectivity index (χ1n) is 6.40. The van der Waals surface area contributed by atoms with Crippen LogP contribution in [0.3, 0.4) is 0 Å². The topological polar surface area (TPSA) is 52.5 Å². The lowest BCUT2D eigenvalue weighted by atomic mass is 10.2. The standard InChI is InChI=1S/C15H14Cl2N2O2/c1-10(21-14-5-4-12(16)7-13(14)17)15(20)19-9-11-3-2-6-18-8-11/h2-8,10H,9H2,1H3,(H,19,20)/p+1. The van der Waals surface area contributed by atoms with Gasteiger partial charge in [0, 0.05) is 23.2 Å². The van der Waals surface area contributed by atoms with E-state index < -0.39 is 6.10 Å². The molecule has 21 heavy (non-hydrogen) atoms. The molecule has 0 saturated carbocycles. The molecule has 1 atom stereocenters. The zero-order valence-corrected chi connectivity index (χ0v) is 12.9. The third-order valence-electron chi connectivity index (χ3n) is 2.81. The van der Waals surface area contributed by atoms with Crippen molar-refractivity contribution in [2.75, 3.05) is 0 Å². The van der Waals surface area contributed by atoms with Crippen molar-refractivity contribution in [3.05, 3.63) is 58.3 Å². The van der Waals surface area contributed by atoms with Crippen LogP contribution in [0.4, 0.5) is 0 Å². The first-order valence-corrected chi connectivity index (χ1v) is 7.16. The average molecular weight is 326 g/mol. The number of halogens is 2. The Bertz CT molecular complexity index is 620. The molecule has 0 aliphatic heterocycles. The molecular weight excluding hydrogens is 311 g/mol. The highest BCUT2D eigenvalue weighted by Gasteiger charge is 2.16. The van der Waals surface area contributed by atoms with E-state index in [4.69, 9.17) is 27.9 Å². The summed E-state index contributed by atoms with van der Waals surface area (Å²) in [6.07, 6.45) is 2.97. The smallest absolute Gasteiger partial charge is 0.261 e. The molecule has 0 saturated heterocycles. The zero-order valence-electron chi connectivity index (χ0n) is 11.4. The second kappa shape index (κ2) is 7.29. The summed E-state index contributed by atoms with van der Waals surface area (Å²) in [4.78, 5) is 14.9. The minimum Gasteiger partial charge on any atom is -0.479 e. The molecule has 0 aliphatic rings. The predicted molar refractivity (Wildman–Crippen MR) is 81.4 cm³/mol. The highest BCUT2D eigenvalue weighted by Crippen LogP contribution is 2.28. The van der Waals surface area contributed by atoms with Gasteiger partial charge in [0.05, 0.1) is 5.02 Å². The molecule has 2 N–H and O–H groups in total. The van der Waals surface area contributed by atoms with Crippen LogP contribution in [0.2, 0.25) is 10.0 Å². The van der Waals surface area contributed by atoms with Gasteiger partial charge in [-0.2, -0.15) is 0 Å². The predicted octanol–water partition coefficient (Wildman–Crippen LogP) is 2.89. The Hall–Kier alpha value is -1.78. The van der Waals surface area contributed by atoms with Gasteiger partial charge in [0.25, 0.3) is 5.91 Å². The van der Waals surface area contributed by atoms with Crippen molar-refractivity contribution in [2.24, 2.45) is 0 Å². The fourth-order valence-electron chi connectivity index (χ4n) is 1.69. The summed E-state index contributed by atoms with van der Waals surface area (Å²) in [5.41, 5.74) is 0.975. The van der Waals surface area contributed by atoms with E-state index in [2.05, 4.69) is 10.3 Å². The number of carbonyl (C=O) groups excluding carboxylic acids is 1. The van der Waals surface area contributed by atoms with Gasteiger partial charge in [-0.05, 0) is 31.2 Å². The number of pyridine rings is 1. The Balaban J connectivity index is 1.90. The minimum absolute atomic E-state index is 0.218. The van der Waals surface area contributed by atoms with Crippen LogP contribution in [0.5, 0.6) is 5.75 Å². The van der Waals surface area contributed by atoms with Gasteiger partial charge in [0.1, 0.15) is 5.75 Å². The molecule has 0 spiro atoms. The Morgan fingerprint density at radius 3 is 2.86 bits per heavy atom. The monoisotopic (exact) mass is 325 g/mol. The van der Waals surface area contributed by atoms with Crippen molar-refractivity contribution in [1.82, 2.24) is 5.32 Å². The molecule has 0 radical (unpaired) electrons. The number of aromatic nitrogens is 1. The quantitative estimate of drug-likeness (QED) is 0.918. The van der Waals surface area contributed by atoms with Crippen molar-refractivity contribution in [1.29, 1.82) is 0 Å². The average Bonchev–Trinajstić information content (AvgIpc) is 2.48. The zero-order chi connectivity index (χ0) is 15.2. The number of amides is 1. The van der Waals surface area contributed by atoms with E-state index in [-0.39, 0.29) is 5.91 Å². The summed E-state index contributed by atoms with van der Waals surface area (Å²) in [7, 11) is 0. The van der Waals surface area contributed by atoms with Crippen LogP contribution in [0, 0.1) is 0 Å². The minimum atomic E-state index is -0.656. The van der Waals surface area contributed by atoms with Crippen molar-refractivity contribution < 1.29 is 14.5 Å². The Morgan fingerprint density at radius 1 is 1.38 bits per heavy atom. The summed E-state index contributed by atoms with van der Waals surface area (Å²) in [5, 5.41) is 3.69. The Kier molecular flexibility index (Phi) is 5.42. The normalized spacial score (nSPS) is 11.8. The van der Waals surface area contributed by atoms with E-state index in [0.29, 0.717) is 22.3 Å². The number of aromatic amines is 1. The molecule has 1 heterocycles. The first kappa shape index (κ1) is 15.6.